The fourth-order valence-electron chi connectivity index (χ4n) is 1.36. The van der Waals surface area contributed by atoms with E-state index in [2.05, 4.69) is 0 Å². The summed E-state index contributed by atoms with van der Waals surface area (Å²) in [5.74, 6) is -4.67. The van der Waals surface area contributed by atoms with Crippen LogP contribution in [0.15, 0.2) is 28.5 Å². The van der Waals surface area contributed by atoms with Crippen LogP contribution in [0.5, 0.6) is 0 Å². The zero-order chi connectivity index (χ0) is 14.2. The van der Waals surface area contributed by atoms with Crippen LogP contribution in [0.4, 0.5) is 18.9 Å². The molecular weight excluding hydrogens is 299 g/mol. The van der Waals surface area contributed by atoms with Crippen molar-refractivity contribution in [1.29, 1.82) is 0 Å². The number of rotatable bonds is 3. The molecule has 0 fully saturated rings. The number of hydrogen-bond donors (Lipinski definition) is 1. The summed E-state index contributed by atoms with van der Waals surface area (Å²) in [5.41, 5.74) is -0.634. The van der Waals surface area contributed by atoms with Crippen LogP contribution in [0, 0.1) is 24.4 Å². The highest BCUT2D eigenvalue weighted by Crippen LogP contribution is 2.26. The summed E-state index contributed by atoms with van der Waals surface area (Å²) in [4.78, 5) is 0.756. The third-order valence-corrected chi connectivity index (χ3v) is 5.12. The van der Waals surface area contributed by atoms with Gasteiger partial charge in [0, 0.05) is 4.88 Å². The Balaban J connectivity index is 2.39. The van der Waals surface area contributed by atoms with E-state index in [1.165, 1.54) is 6.07 Å². The van der Waals surface area contributed by atoms with E-state index in [4.69, 9.17) is 0 Å². The molecule has 2 rings (SSSR count). The van der Waals surface area contributed by atoms with Gasteiger partial charge in [-0.05, 0) is 31.2 Å². The fourth-order valence-corrected chi connectivity index (χ4v) is 3.70. The molecular formula is C11H8F3NO2S2. The Morgan fingerprint density at radius 3 is 2.32 bits per heavy atom. The maximum absolute atomic E-state index is 13.4. The molecule has 1 heterocycles. The fraction of sp³-hybridized carbons (Fsp3) is 0.0909. The second kappa shape index (κ2) is 4.86. The van der Waals surface area contributed by atoms with E-state index in [9.17, 15) is 21.6 Å². The first-order valence-electron chi connectivity index (χ1n) is 5.04. The van der Waals surface area contributed by atoms with Crippen LogP contribution in [0.2, 0.25) is 0 Å². The van der Waals surface area contributed by atoms with Crippen molar-refractivity contribution in [3.63, 3.8) is 0 Å². The third kappa shape index (κ3) is 2.74. The van der Waals surface area contributed by atoms with Crippen LogP contribution in [0.1, 0.15) is 4.88 Å². The van der Waals surface area contributed by atoms with E-state index in [-0.39, 0.29) is 4.21 Å². The smallest absolute Gasteiger partial charge is 0.271 e. The van der Waals surface area contributed by atoms with Gasteiger partial charge in [-0.1, -0.05) is 0 Å². The number of halogens is 3. The van der Waals surface area contributed by atoms with E-state index in [0.29, 0.717) is 6.07 Å². The molecule has 0 atom stereocenters. The van der Waals surface area contributed by atoms with Gasteiger partial charge in [0.1, 0.15) is 4.21 Å². The van der Waals surface area contributed by atoms with Gasteiger partial charge < -0.3 is 0 Å². The topological polar surface area (TPSA) is 46.2 Å². The molecule has 0 bridgehead atoms. The molecule has 3 nitrogen and oxygen atoms in total. The molecule has 1 N–H and O–H groups in total. The molecule has 19 heavy (non-hydrogen) atoms. The number of hydrogen-bond acceptors (Lipinski definition) is 3. The van der Waals surface area contributed by atoms with E-state index in [1.807, 2.05) is 4.72 Å². The molecule has 0 unspecified atom stereocenters. The number of benzene rings is 1. The highest BCUT2D eigenvalue weighted by Gasteiger charge is 2.21. The Kier molecular flexibility index (Phi) is 3.55. The van der Waals surface area contributed by atoms with Crippen LogP contribution in [-0.4, -0.2) is 8.42 Å². The first kappa shape index (κ1) is 13.9. The Bertz CT molecular complexity index is 726. The van der Waals surface area contributed by atoms with Crippen molar-refractivity contribution >= 4 is 27.0 Å². The average molecular weight is 307 g/mol. The van der Waals surface area contributed by atoms with Crippen LogP contribution in [-0.2, 0) is 10.0 Å². The van der Waals surface area contributed by atoms with Crippen LogP contribution < -0.4 is 4.72 Å². The predicted molar refractivity (Wildman–Crippen MR) is 66.2 cm³/mol. The molecule has 0 spiro atoms. The van der Waals surface area contributed by atoms with Gasteiger partial charge in [0.25, 0.3) is 10.0 Å². The van der Waals surface area contributed by atoms with E-state index >= 15 is 0 Å². The molecule has 0 aliphatic carbocycles. The molecule has 0 aliphatic rings. The maximum atomic E-state index is 13.4. The normalized spacial score (nSPS) is 11.6. The summed E-state index contributed by atoms with van der Waals surface area (Å²) in [7, 11) is -4.01. The van der Waals surface area contributed by atoms with Gasteiger partial charge in [-0.15, -0.1) is 11.3 Å². The molecule has 0 saturated heterocycles. The molecule has 2 aromatic rings. The van der Waals surface area contributed by atoms with Crippen molar-refractivity contribution < 1.29 is 21.6 Å². The number of anilines is 1. The zero-order valence-corrected chi connectivity index (χ0v) is 11.2. The van der Waals surface area contributed by atoms with Crippen LogP contribution >= 0.6 is 11.3 Å². The van der Waals surface area contributed by atoms with Crippen LogP contribution in [0.25, 0.3) is 0 Å². The quantitative estimate of drug-likeness (QED) is 0.885. The largest absolute Gasteiger partial charge is 0.276 e. The number of aryl methyl sites for hydroxylation is 1. The Morgan fingerprint density at radius 1 is 1.05 bits per heavy atom. The lowest BCUT2D eigenvalue weighted by Gasteiger charge is -2.07. The van der Waals surface area contributed by atoms with Crippen molar-refractivity contribution in [2.45, 2.75) is 11.1 Å². The molecule has 8 heteroatoms. The first-order valence-corrected chi connectivity index (χ1v) is 7.34. The van der Waals surface area contributed by atoms with Gasteiger partial charge in [0.15, 0.2) is 17.5 Å². The monoisotopic (exact) mass is 307 g/mol. The summed E-state index contributed by atoms with van der Waals surface area (Å²) in [6.07, 6.45) is 0. The molecule has 1 aromatic carbocycles. The lowest BCUT2D eigenvalue weighted by molar-refractivity contribution is 0.449. The summed E-state index contributed by atoms with van der Waals surface area (Å²) < 4.78 is 64.7. The average Bonchev–Trinajstić information content (AvgIpc) is 2.78. The summed E-state index contributed by atoms with van der Waals surface area (Å²) >= 11 is 0.986. The molecule has 102 valence electrons. The van der Waals surface area contributed by atoms with Gasteiger partial charge >= 0.3 is 0 Å². The molecule has 0 amide bonds. The minimum absolute atomic E-state index is 0.0332. The van der Waals surface area contributed by atoms with Crippen molar-refractivity contribution in [1.82, 2.24) is 0 Å². The molecule has 0 radical (unpaired) electrons. The molecule has 0 aliphatic heterocycles. The van der Waals surface area contributed by atoms with Gasteiger partial charge in [-0.25, -0.2) is 21.6 Å². The Morgan fingerprint density at radius 2 is 1.74 bits per heavy atom. The second-order valence-corrected chi connectivity index (χ2v) is 6.89. The highest BCUT2D eigenvalue weighted by molar-refractivity contribution is 7.94. The Labute approximate surface area is 111 Å². The number of thiophene rings is 1. The van der Waals surface area contributed by atoms with Crippen molar-refractivity contribution in [2.75, 3.05) is 4.72 Å². The minimum atomic E-state index is -4.01. The van der Waals surface area contributed by atoms with E-state index < -0.39 is 33.2 Å². The zero-order valence-electron chi connectivity index (χ0n) is 9.58. The molecule has 1 aromatic heterocycles. The van der Waals surface area contributed by atoms with Gasteiger partial charge in [0.2, 0.25) is 0 Å². The van der Waals surface area contributed by atoms with Gasteiger partial charge in [-0.2, -0.15) is 0 Å². The van der Waals surface area contributed by atoms with E-state index in [0.717, 1.165) is 22.3 Å². The van der Waals surface area contributed by atoms with Gasteiger partial charge in [-0.3, -0.25) is 4.72 Å². The van der Waals surface area contributed by atoms with Gasteiger partial charge in [0.05, 0.1) is 5.69 Å². The standard InChI is InChI=1S/C11H8F3NO2S2/c1-6-2-5-9(18-6)19(16,17)15-8-4-3-7(12)10(13)11(8)14/h2-5,15H,1H3. The number of nitrogens with one attached hydrogen (secondary N) is 1. The van der Waals surface area contributed by atoms with Crippen molar-refractivity contribution in [3.8, 4) is 0 Å². The van der Waals surface area contributed by atoms with Crippen molar-refractivity contribution in [2.24, 2.45) is 0 Å². The second-order valence-electron chi connectivity index (χ2n) is 3.69. The first-order chi connectivity index (χ1) is 8.81. The SMILES string of the molecule is Cc1ccc(S(=O)(=O)Nc2ccc(F)c(F)c2F)s1. The predicted octanol–water partition coefficient (Wildman–Crippen LogP) is 3.27. The summed E-state index contributed by atoms with van der Waals surface area (Å²) in [6.45, 7) is 1.71. The summed E-state index contributed by atoms with van der Waals surface area (Å²) in [6, 6.07) is 4.41. The highest BCUT2D eigenvalue weighted by atomic mass is 32.2. The lowest BCUT2D eigenvalue weighted by atomic mass is 10.3. The summed E-state index contributed by atoms with van der Waals surface area (Å²) in [5, 5.41) is 0. The Hall–Kier alpha value is -1.54. The number of sulfonamides is 1. The minimum Gasteiger partial charge on any atom is -0.276 e. The van der Waals surface area contributed by atoms with E-state index in [1.54, 1.807) is 13.0 Å². The van der Waals surface area contributed by atoms with Crippen molar-refractivity contribution in [3.05, 3.63) is 46.6 Å². The van der Waals surface area contributed by atoms with Crippen LogP contribution in [0.3, 0.4) is 0 Å². The lowest BCUT2D eigenvalue weighted by Crippen LogP contribution is -2.13. The third-order valence-electron chi connectivity index (χ3n) is 2.26. The molecule has 0 saturated carbocycles. The maximum Gasteiger partial charge on any atom is 0.271 e.